The van der Waals surface area contributed by atoms with Gasteiger partial charge in [-0.05, 0) is 42.9 Å². The molecule has 0 unspecified atom stereocenters. The quantitative estimate of drug-likeness (QED) is 0.659. The largest absolute Gasteiger partial charge is 0.463 e. The molecule has 0 radical (unpaired) electrons. The monoisotopic (exact) mass is 428 g/mol. The lowest BCUT2D eigenvalue weighted by atomic mass is 10.0. The molecule has 1 aromatic heterocycles. The van der Waals surface area contributed by atoms with Crippen molar-refractivity contribution in [3.05, 3.63) is 54.9 Å². The number of carbonyl (C=O) groups excluding carboxylic acids is 2. The number of ether oxygens (including phenoxy) is 1. The average Bonchev–Trinajstić information content (AvgIpc) is 3.34. The van der Waals surface area contributed by atoms with Crippen molar-refractivity contribution in [3.63, 3.8) is 0 Å². The fourth-order valence-corrected chi connectivity index (χ4v) is 4.44. The minimum Gasteiger partial charge on any atom is -0.463 e. The molecule has 6 nitrogen and oxygen atoms in total. The van der Waals surface area contributed by atoms with E-state index in [0.29, 0.717) is 15.1 Å². The number of benzene rings is 1. The molecule has 1 aliphatic heterocycles. The summed E-state index contributed by atoms with van der Waals surface area (Å²) in [6.45, 7) is 7.60. The average molecular weight is 429 g/mol. The molecule has 30 heavy (non-hydrogen) atoms. The Kier molecular flexibility index (Phi) is 7.26. The molecule has 160 valence electrons. The van der Waals surface area contributed by atoms with Gasteiger partial charge in [0.2, 0.25) is 5.91 Å². The van der Waals surface area contributed by atoms with Gasteiger partial charge in [0.1, 0.15) is 11.2 Å². The Morgan fingerprint density at radius 2 is 1.83 bits per heavy atom. The standard InChI is InChI=1S/C23H28N2O4S/c1-4-29-22(27)14-21-25(15-20(26)24-11-5-6-12-24)23(28)19(30-21)13-17-7-9-18(10-8-17)16(2)3/h7-10,13-14,16H,4-6,11-12,15H2,1-3H3/b19-13+,21-14+. The van der Waals surface area contributed by atoms with Crippen LogP contribution in [0.2, 0.25) is 0 Å². The molecule has 1 amide bonds. The predicted molar refractivity (Wildman–Crippen MR) is 119 cm³/mol. The van der Waals surface area contributed by atoms with E-state index in [-0.39, 0.29) is 24.6 Å². The Hall–Kier alpha value is -2.67. The summed E-state index contributed by atoms with van der Waals surface area (Å²) >= 11 is 1.20. The summed E-state index contributed by atoms with van der Waals surface area (Å²) in [5, 5.41) is 0. The molecule has 2 aromatic rings. The maximum Gasteiger partial charge on any atom is 0.333 e. The van der Waals surface area contributed by atoms with E-state index in [4.69, 9.17) is 4.74 Å². The molecule has 1 saturated heterocycles. The van der Waals surface area contributed by atoms with Crippen molar-refractivity contribution < 1.29 is 14.3 Å². The molecule has 1 aromatic carbocycles. The highest BCUT2D eigenvalue weighted by Crippen LogP contribution is 2.14. The number of thiazole rings is 1. The smallest absolute Gasteiger partial charge is 0.333 e. The van der Waals surface area contributed by atoms with Crippen molar-refractivity contribution >= 4 is 35.4 Å². The Labute approximate surface area is 180 Å². The van der Waals surface area contributed by atoms with Crippen LogP contribution in [-0.2, 0) is 20.9 Å². The highest BCUT2D eigenvalue weighted by atomic mass is 32.1. The third-order valence-electron chi connectivity index (χ3n) is 5.12. The van der Waals surface area contributed by atoms with Crippen LogP contribution in [0.4, 0.5) is 0 Å². The van der Waals surface area contributed by atoms with Gasteiger partial charge in [0, 0.05) is 13.1 Å². The highest BCUT2D eigenvalue weighted by molar-refractivity contribution is 7.07. The van der Waals surface area contributed by atoms with Gasteiger partial charge < -0.3 is 9.64 Å². The summed E-state index contributed by atoms with van der Waals surface area (Å²) in [6, 6.07) is 8.04. The lowest BCUT2D eigenvalue weighted by Crippen LogP contribution is -2.39. The Balaban J connectivity index is 2.01. The molecule has 1 fully saturated rings. The van der Waals surface area contributed by atoms with Gasteiger partial charge in [-0.15, -0.1) is 11.3 Å². The van der Waals surface area contributed by atoms with E-state index in [1.165, 1.54) is 27.5 Å². The van der Waals surface area contributed by atoms with Crippen molar-refractivity contribution in [3.8, 4) is 0 Å². The molecule has 0 saturated carbocycles. The van der Waals surface area contributed by atoms with E-state index < -0.39 is 5.97 Å². The number of hydrogen-bond acceptors (Lipinski definition) is 5. The van der Waals surface area contributed by atoms with Gasteiger partial charge in [-0.25, -0.2) is 4.79 Å². The number of nitrogens with zero attached hydrogens (tertiary/aromatic N) is 2. The van der Waals surface area contributed by atoms with E-state index in [1.54, 1.807) is 17.9 Å². The van der Waals surface area contributed by atoms with Crippen molar-refractivity contribution in [1.29, 1.82) is 0 Å². The van der Waals surface area contributed by atoms with Gasteiger partial charge >= 0.3 is 5.97 Å². The number of carbonyl (C=O) groups is 2. The van der Waals surface area contributed by atoms with Gasteiger partial charge in [-0.3, -0.25) is 14.2 Å². The molecule has 0 atom stereocenters. The first kappa shape index (κ1) is 22.0. The van der Waals surface area contributed by atoms with E-state index in [1.807, 2.05) is 24.3 Å². The molecular formula is C23H28N2O4S. The second kappa shape index (κ2) is 9.89. The summed E-state index contributed by atoms with van der Waals surface area (Å²) in [7, 11) is 0. The van der Waals surface area contributed by atoms with Crippen LogP contribution in [0.1, 0.15) is 50.7 Å². The van der Waals surface area contributed by atoms with Crippen LogP contribution < -0.4 is 14.8 Å². The lowest BCUT2D eigenvalue weighted by molar-refractivity contribution is -0.135. The third kappa shape index (κ3) is 5.27. The summed E-state index contributed by atoms with van der Waals surface area (Å²) in [5.41, 5.74) is 1.86. The number of esters is 1. The zero-order valence-corrected chi connectivity index (χ0v) is 18.5. The fourth-order valence-electron chi connectivity index (χ4n) is 3.41. The molecule has 2 heterocycles. The minimum absolute atomic E-state index is 0.0688. The molecule has 0 spiro atoms. The summed E-state index contributed by atoms with van der Waals surface area (Å²) in [4.78, 5) is 39.5. The molecule has 3 rings (SSSR count). The van der Waals surface area contributed by atoms with Gasteiger partial charge in [0.25, 0.3) is 5.56 Å². The van der Waals surface area contributed by atoms with Crippen LogP contribution >= 0.6 is 11.3 Å². The van der Waals surface area contributed by atoms with Gasteiger partial charge in [0.05, 0.1) is 17.2 Å². The van der Waals surface area contributed by atoms with Gasteiger partial charge in [-0.1, -0.05) is 38.1 Å². The number of hydrogen-bond donors (Lipinski definition) is 0. The molecular weight excluding hydrogens is 400 g/mol. The van der Waals surface area contributed by atoms with Crippen LogP contribution in [0.3, 0.4) is 0 Å². The summed E-state index contributed by atoms with van der Waals surface area (Å²) in [5.74, 6) is -0.187. The van der Waals surface area contributed by atoms with Crippen molar-refractivity contribution in [2.24, 2.45) is 0 Å². The first-order chi connectivity index (χ1) is 14.4. The molecule has 0 bridgehead atoms. The van der Waals surface area contributed by atoms with Gasteiger partial charge in [0.15, 0.2) is 0 Å². The first-order valence-electron chi connectivity index (χ1n) is 10.4. The van der Waals surface area contributed by atoms with Crippen molar-refractivity contribution in [2.45, 2.75) is 46.1 Å². The predicted octanol–water partition coefficient (Wildman–Crippen LogP) is 1.83. The molecule has 1 aliphatic rings. The number of aromatic nitrogens is 1. The van der Waals surface area contributed by atoms with Crippen LogP contribution in [-0.4, -0.2) is 41.0 Å². The third-order valence-corrected chi connectivity index (χ3v) is 6.18. The highest BCUT2D eigenvalue weighted by Gasteiger charge is 2.20. The number of rotatable bonds is 6. The van der Waals surface area contributed by atoms with Crippen molar-refractivity contribution in [1.82, 2.24) is 9.47 Å². The SMILES string of the molecule is CCOC(=O)/C=c1/s/c(=C/c2ccc(C(C)C)cc2)c(=O)n1CC(=O)N1CCCC1. The molecule has 7 heteroatoms. The summed E-state index contributed by atoms with van der Waals surface area (Å²) in [6.07, 6.45) is 5.07. The van der Waals surface area contributed by atoms with E-state index in [2.05, 4.69) is 13.8 Å². The maximum atomic E-state index is 13.1. The Morgan fingerprint density at radius 1 is 1.17 bits per heavy atom. The van der Waals surface area contributed by atoms with Crippen LogP contribution in [0.5, 0.6) is 0 Å². The number of likely N-dealkylation sites (tertiary alicyclic amines) is 1. The topological polar surface area (TPSA) is 68.6 Å². The van der Waals surface area contributed by atoms with E-state index in [9.17, 15) is 14.4 Å². The first-order valence-corrected chi connectivity index (χ1v) is 11.2. The van der Waals surface area contributed by atoms with Crippen LogP contribution in [0, 0.1) is 0 Å². The van der Waals surface area contributed by atoms with Gasteiger partial charge in [-0.2, -0.15) is 0 Å². The minimum atomic E-state index is -0.519. The number of amides is 1. The normalized spacial score (nSPS) is 15.3. The Morgan fingerprint density at radius 3 is 2.43 bits per heavy atom. The lowest BCUT2D eigenvalue weighted by Gasteiger charge is -2.15. The second-order valence-corrected chi connectivity index (χ2v) is 8.71. The van der Waals surface area contributed by atoms with E-state index >= 15 is 0 Å². The fraction of sp³-hybridized carbons (Fsp3) is 0.435. The van der Waals surface area contributed by atoms with Crippen LogP contribution in [0.15, 0.2) is 29.1 Å². The summed E-state index contributed by atoms with van der Waals surface area (Å²) < 4.78 is 7.30. The maximum absolute atomic E-state index is 13.1. The Bertz CT molecular complexity index is 1070. The second-order valence-electron chi connectivity index (χ2n) is 7.65. The molecule has 0 aliphatic carbocycles. The van der Waals surface area contributed by atoms with Crippen molar-refractivity contribution in [2.75, 3.05) is 19.7 Å². The molecule has 0 N–H and O–H groups in total. The van der Waals surface area contributed by atoms with Crippen LogP contribution in [0.25, 0.3) is 12.2 Å². The van der Waals surface area contributed by atoms with E-state index in [0.717, 1.165) is 31.5 Å². The zero-order valence-electron chi connectivity index (χ0n) is 17.7. The zero-order chi connectivity index (χ0) is 21.7.